The highest BCUT2D eigenvalue weighted by Crippen LogP contribution is 2.46. The van der Waals surface area contributed by atoms with Crippen LogP contribution in [0.2, 0.25) is 0 Å². The van der Waals surface area contributed by atoms with E-state index < -0.39 is 0 Å². The predicted octanol–water partition coefficient (Wildman–Crippen LogP) is 11.7. The van der Waals surface area contributed by atoms with E-state index in [1.165, 1.54) is 27.3 Å². The zero-order chi connectivity index (χ0) is 33.7. The van der Waals surface area contributed by atoms with Crippen LogP contribution >= 0.6 is 0 Å². The standard InChI is InChI=1S/C47H32N4/c1-4-13-31(14-5-1)45-44-41(38-26-28-49-47-39(38)24-22-32-16-12-27-48-46(32)47)29-33-15-10-11-21-37(33)43(44)40-25-23-36(30-42(40)50-45)51(34-17-6-2-7-18-34)35-19-8-3-9-20-35/h1-30,47,49H. The fourth-order valence-corrected chi connectivity index (χ4v) is 7.85. The van der Waals surface area contributed by atoms with Crippen LogP contribution in [0.25, 0.3) is 55.4 Å². The van der Waals surface area contributed by atoms with Crippen molar-refractivity contribution in [2.45, 2.75) is 6.04 Å². The Bertz CT molecular complexity index is 2670. The number of nitrogens with one attached hydrogen (secondary N) is 1. The number of aromatic nitrogens is 2. The van der Waals surface area contributed by atoms with Gasteiger partial charge in [0.2, 0.25) is 0 Å². The normalized spacial score (nSPS) is 14.8. The van der Waals surface area contributed by atoms with Crippen LogP contribution in [0.5, 0.6) is 0 Å². The highest BCUT2D eigenvalue weighted by atomic mass is 15.1. The average Bonchev–Trinajstić information content (AvgIpc) is 3.21. The van der Waals surface area contributed by atoms with Crippen LogP contribution in [0.1, 0.15) is 22.9 Å². The van der Waals surface area contributed by atoms with E-state index in [0.717, 1.165) is 61.4 Å². The Balaban J connectivity index is 1.30. The van der Waals surface area contributed by atoms with Crippen molar-refractivity contribution in [3.05, 3.63) is 199 Å². The van der Waals surface area contributed by atoms with Crippen LogP contribution in [-0.4, -0.2) is 9.97 Å². The van der Waals surface area contributed by atoms with Gasteiger partial charge in [-0.1, -0.05) is 115 Å². The number of rotatable bonds is 5. The number of fused-ring (bicyclic) bond motifs is 8. The van der Waals surface area contributed by atoms with E-state index in [-0.39, 0.29) is 6.04 Å². The predicted molar refractivity (Wildman–Crippen MR) is 212 cm³/mol. The summed E-state index contributed by atoms with van der Waals surface area (Å²) < 4.78 is 0. The van der Waals surface area contributed by atoms with Gasteiger partial charge in [0.1, 0.15) is 0 Å². The lowest BCUT2D eigenvalue weighted by atomic mass is 9.82. The van der Waals surface area contributed by atoms with Crippen LogP contribution in [0, 0.1) is 0 Å². The molecule has 4 heteroatoms. The first-order valence-corrected chi connectivity index (χ1v) is 17.4. The van der Waals surface area contributed by atoms with E-state index in [2.05, 4.69) is 180 Å². The first-order chi connectivity index (χ1) is 25.3. The molecule has 1 atom stereocenters. The lowest BCUT2D eigenvalue weighted by Crippen LogP contribution is -2.24. The molecule has 51 heavy (non-hydrogen) atoms. The summed E-state index contributed by atoms with van der Waals surface area (Å²) in [4.78, 5) is 12.7. The van der Waals surface area contributed by atoms with Crippen molar-refractivity contribution >= 4 is 61.2 Å². The number of benzene rings is 6. The molecule has 8 aromatic rings. The lowest BCUT2D eigenvalue weighted by Gasteiger charge is -2.29. The number of dihydropyridines is 1. The largest absolute Gasteiger partial charge is 0.379 e. The van der Waals surface area contributed by atoms with E-state index in [0.29, 0.717) is 0 Å². The summed E-state index contributed by atoms with van der Waals surface area (Å²) in [7, 11) is 0. The molecule has 0 radical (unpaired) electrons. The minimum absolute atomic E-state index is 0.0363. The van der Waals surface area contributed by atoms with Gasteiger partial charge in [0.05, 0.1) is 22.9 Å². The van der Waals surface area contributed by atoms with Crippen molar-refractivity contribution in [3.8, 4) is 11.3 Å². The minimum atomic E-state index is -0.0363. The van der Waals surface area contributed by atoms with Crippen molar-refractivity contribution in [1.82, 2.24) is 15.3 Å². The molecule has 2 aliphatic rings. The van der Waals surface area contributed by atoms with Gasteiger partial charge in [-0.15, -0.1) is 0 Å². The van der Waals surface area contributed by atoms with E-state index in [4.69, 9.17) is 9.97 Å². The van der Waals surface area contributed by atoms with E-state index in [1.54, 1.807) is 0 Å². The van der Waals surface area contributed by atoms with Crippen molar-refractivity contribution in [2.75, 3.05) is 4.90 Å². The van der Waals surface area contributed by atoms with Crippen LogP contribution in [0.15, 0.2) is 182 Å². The van der Waals surface area contributed by atoms with Gasteiger partial charge >= 0.3 is 0 Å². The quantitative estimate of drug-likeness (QED) is 0.188. The maximum Gasteiger partial charge on any atom is 0.0947 e. The number of allylic oxidation sites excluding steroid dienone is 2. The van der Waals surface area contributed by atoms with Crippen LogP contribution < -0.4 is 10.2 Å². The van der Waals surface area contributed by atoms with E-state index in [1.807, 2.05) is 12.3 Å². The summed E-state index contributed by atoms with van der Waals surface area (Å²) in [5.41, 5.74) is 12.0. The zero-order valence-corrected chi connectivity index (χ0v) is 27.7. The Morgan fingerprint density at radius 1 is 0.569 bits per heavy atom. The second-order valence-electron chi connectivity index (χ2n) is 13.0. The molecule has 240 valence electrons. The summed E-state index contributed by atoms with van der Waals surface area (Å²) in [5, 5.41) is 9.50. The highest BCUT2D eigenvalue weighted by molar-refractivity contribution is 6.26. The lowest BCUT2D eigenvalue weighted by molar-refractivity contribution is 0.692. The van der Waals surface area contributed by atoms with Gasteiger partial charge in [0.25, 0.3) is 0 Å². The molecule has 0 bridgehead atoms. The van der Waals surface area contributed by atoms with Gasteiger partial charge in [-0.3, -0.25) is 4.98 Å². The third kappa shape index (κ3) is 4.84. The Kier molecular flexibility index (Phi) is 6.85. The van der Waals surface area contributed by atoms with Gasteiger partial charge < -0.3 is 10.2 Å². The topological polar surface area (TPSA) is 41.1 Å². The first-order valence-electron chi connectivity index (χ1n) is 17.4. The molecule has 1 aliphatic heterocycles. The molecule has 4 nitrogen and oxygen atoms in total. The smallest absolute Gasteiger partial charge is 0.0947 e. The number of para-hydroxylation sites is 2. The molecule has 0 spiro atoms. The summed E-state index contributed by atoms with van der Waals surface area (Å²) >= 11 is 0. The van der Waals surface area contributed by atoms with E-state index >= 15 is 0 Å². The van der Waals surface area contributed by atoms with Gasteiger partial charge in [-0.2, -0.15) is 0 Å². The molecule has 0 fully saturated rings. The number of anilines is 3. The van der Waals surface area contributed by atoms with Crippen molar-refractivity contribution in [2.24, 2.45) is 0 Å². The Labute approximate surface area is 296 Å². The first kappa shape index (κ1) is 29.2. The maximum atomic E-state index is 5.59. The fraction of sp³-hybridized carbons (Fsp3) is 0.0213. The summed E-state index contributed by atoms with van der Waals surface area (Å²) in [6.07, 6.45) is 10.6. The zero-order valence-electron chi connectivity index (χ0n) is 27.7. The molecule has 6 aromatic carbocycles. The number of hydrogen-bond acceptors (Lipinski definition) is 4. The molecule has 1 aliphatic carbocycles. The third-order valence-electron chi connectivity index (χ3n) is 10.1. The van der Waals surface area contributed by atoms with E-state index in [9.17, 15) is 0 Å². The van der Waals surface area contributed by atoms with Gasteiger partial charge in [-0.25, -0.2) is 4.98 Å². The molecule has 0 amide bonds. The number of hydrogen-bond donors (Lipinski definition) is 1. The maximum absolute atomic E-state index is 5.59. The van der Waals surface area contributed by atoms with Gasteiger partial charge in [0, 0.05) is 45.0 Å². The van der Waals surface area contributed by atoms with Crippen LogP contribution in [0.4, 0.5) is 17.1 Å². The summed E-state index contributed by atoms with van der Waals surface area (Å²) in [6, 6.07) is 53.7. The molecule has 1 N–H and O–H groups in total. The van der Waals surface area contributed by atoms with Crippen LogP contribution in [-0.2, 0) is 0 Å². The van der Waals surface area contributed by atoms with Crippen LogP contribution in [0.3, 0.4) is 0 Å². The molecule has 3 heterocycles. The molecule has 2 aromatic heterocycles. The molecule has 1 unspecified atom stereocenters. The monoisotopic (exact) mass is 652 g/mol. The van der Waals surface area contributed by atoms with Crippen molar-refractivity contribution < 1.29 is 0 Å². The summed E-state index contributed by atoms with van der Waals surface area (Å²) in [5.74, 6) is 0. The Morgan fingerprint density at radius 3 is 2.08 bits per heavy atom. The van der Waals surface area contributed by atoms with Crippen molar-refractivity contribution in [3.63, 3.8) is 0 Å². The third-order valence-corrected chi connectivity index (χ3v) is 10.1. The molecule has 0 saturated carbocycles. The number of pyridine rings is 2. The molecular weight excluding hydrogens is 621 g/mol. The van der Waals surface area contributed by atoms with Gasteiger partial charge in [0.15, 0.2) is 0 Å². The second kappa shape index (κ2) is 12.0. The average molecular weight is 653 g/mol. The van der Waals surface area contributed by atoms with Gasteiger partial charge in [-0.05, 0) is 93.9 Å². The minimum Gasteiger partial charge on any atom is -0.379 e. The fourth-order valence-electron chi connectivity index (χ4n) is 7.85. The highest BCUT2D eigenvalue weighted by Gasteiger charge is 2.28. The Morgan fingerprint density at radius 2 is 1.29 bits per heavy atom. The number of nitrogens with zero attached hydrogens (tertiary/aromatic N) is 3. The molecule has 10 rings (SSSR count). The molecule has 0 saturated heterocycles. The summed E-state index contributed by atoms with van der Waals surface area (Å²) in [6.45, 7) is 0. The van der Waals surface area contributed by atoms with Crippen molar-refractivity contribution in [1.29, 1.82) is 0 Å². The molecular formula is C47H32N4. The Hall–Kier alpha value is -6.78. The second-order valence-corrected chi connectivity index (χ2v) is 13.0. The SMILES string of the molecule is C1=CC(c2cc3ccccc3c3c2c(-c2ccccc2)nc2cc(N(c4ccccc4)c4ccccc4)ccc23)=C2C=Cc3cccnc3C2N1.